The van der Waals surface area contributed by atoms with Crippen molar-refractivity contribution in [2.75, 3.05) is 36.5 Å². The maximum atomic E-state index is 14.5. The van der Waals surface area contributed by atoms with Crippen LogP contribution in [0.1, 0.15) is 31.4 Å². The zero-order valence-corrected chi connectivity index (χ0v) is 19.6. The van der Waals surface area contributed by atoms with E-state index in [0.29, 0.717) is 23.3 Å². The van der Waals surface area contributed by atoms with E-state index >= 15 is 0 Å². The summed E-state index contributed by atoms with van der Waals surface area (Å²) in [4.78, 5) is 6.66. The maximum absolute atomic E-state index is 14.5. The van der Waals surface area contributed by atoms with Crippen LogP contribution in [0.2, 0.25) is 0 Å². The number of nitrogens with one attached hydrogen (secondary N) is 1. The van der Waals surface area contributed by atoms with E-state index in [-0.39, 0.29) is 12.1 Å². The summed E-state index contributed by atoms with van der Waals surface area (Å²) in [6, 6.07) is 10.1. The maximum Gasteiger partial charge on any atom is 0.266 e. The lowest BCUT2D eigenvalue weighted by atomic mass is 10.0. The summed E-state index contributed by atoms with van der Waals surface area (Å²) >= 11 is 0. The van der Waals surface area contributed by atoms with Crippen LogP contribution in [-0.4, -0.2) is 46.1 Å². The molecule has 35 heavy (non-hydrogen) atoms. The van der Waals surface area contributed by atoms with Gasteiger partial charge in [0.25, 0.3) is 6.43 Å². The van der Waals surface area contributed by atoms with Crippen LogP contribution in [0.25, 0.3) is 16.4 Å². The summed E-state index contributed by atoms with van der Waals surface area (Å²) in [5, 5.41) is 13.4. The third-order valence-electron chi connectivity index (χ3n) is 6.62. The average Bonchev–Trinajstić information content (AvgIpc) is 3.60. The van der Waals surface area contributed by atoms with Gasteiger partial charge in [-0.15, -0.1) is 14.8 Å². The largest absolute Gasteiger partial charge is 0.381 e. The van der Waals surface area contributed by atoms with Crippen molar-refractivity contribution in [3.8, 4) is 0 Å². The van der Waals surface area contributed by atoms with Crippen LogP contribution in [0.5, 0.6) is 0 Å². The third-order valence-corrected chi connectivity index (χ3v) is 6.62. The van der Waals surface area contributed by atoms with Gasteiger partial charge in [-0.3, -0.25) is 0 Å². The molecule has 2 aliphatic heterocycles. The third kappa shape index (κ3) is 4.27. The highest BCUT2D eigenvalue weighted by Crippen LogP contribution is 2.35. The van der Waals surface area contributed by atoms with Crippen molar-refractivity contribution in [2.24, 2.45) is 11.8 Å². The second kappa shape index (κ2) is 9.69. The number of hydrogen-bond donors (Lipinski definition) is 1. The number of aromatic nitrogens is 4. The molecule has 184 valence electrons. The van der Waals surface area contributed by atoms with Crippen molar-refractivity contribution in [1.82, 2.24) is 19.8 Å². The van der Waals surface area contributed by atoms with E-state index in [4.69, 9.17) is 4.74 Å². The van der Waals surface area contributed by atoms with E-state index in [0.717, 1.165) is 48.8 Å². The van der Waals surface area contributed by atoms with E-state index in [1.54, 1.807) is 0 Å². The van der Waals surface area contributed by atoms with Crippen LogP contribution < -0.4 is 10.2 Å². The minimum atomic E-state index is -2.87. The van der Waals surface area contributed by atoms with Crippen LogP contribution in [-0.2, 0) is 11.3 Å². The second-order valence-electron chi connectivity index (χ2n) is 8.59. The molecule has 0 saturated carbocycles. The number of hydrogen-bond acceptors (Lipinski definition) is 6. The van der Waals surface area contributed by atoms with Gasteiger partial charge in [0.15, 0.2) is 11.5 Å². The summed E-state index contributed by atoms with van der Waals surface area (Å²) in [5.74, 6) is 0.660. The predicted molar refractivity (Wildman–Crippen MR) is 128 cm³/mol. The molecule has 2 fully saturated rings. The van der Waals surface area contributed by atoms with Crippen molar-refractivity contribution in [3.05, 3.63) is 59.7 Å². The van der Waals surface area contributed by atoms with Gasteiger partial charge in [0.2, 0.25) is 0 Å². The van der Waals surface area contributed by atoms with Crippen molar-refractivity contribution >= 4 is 27.9 Å². The zero-order chi connectivity index (χ0) is 24.5. The predicted octanol–water partition coefficient (Wildman–Crippen LogP) is 5.08. The Bertz CT molecular complexity index is 1330. The Kier molecular flexibility index (Phi) is 6.46. The van der Waals surface area contributed by atoms with Gasteiger partial charge in [-0.1, -0.05) is 32.0 Å². The molecule has 2 aliphatic rings. The first-order valence-electron chi connectivity index (χ1n) is 11.8. The molecule has 7 nitrogen and oxygen atoms in total. The number of anilines is 2. The minimum Gasteiger partial charge on any atom is -0.381 e. The summed E-state index contributed by atoms with van der Waals surface area (Å²) in [7, 11) is 0. The minimum absolute atomic E-state index is 0.00409. The molecule has 0 bridgehead atoms. The molecule has 10 heteroatoms. The van der Waals surface area contributed by atoms with Crippen LogP contribution in [0.3, 0.4) is 0 Å². The second-order valence-corrected chi connectivity index (χ2v) is 8.59. The fraction of sp³-hybridized carbons (Fsp3) is 0.400. The van der Waals surface area contributed by atoms with E-state index in [2.05, 4.69) is 31.5 Å². The number of fused-ring (bicyclic) bond motifs is 4. The molecule has 2 aromatic heterocycles. The Morgan fingerprint density at radius 2 is 1.86 bits per heavy atom. The summed E-state index contributed by atoms with van der Waals surface area (Å²) < 4.78 is 47.7. The molecule has 0 aliphatic carbocycles. The summed E-state index contributed by atoms with van der Waals surface area (Å²) in [6.07, 6.45) is -1.45. The van der Waals surface area contributed by atoms with Crippen LogP contribution in [0, 0.1) is 17.7 Å². The molecule has 2 aromatic carbocycles. The van der Waals surface area contributed by atoms with Crippen LogP contribution >= 0.6 is 0 Å². The molecule has 2 atom stereocenters. The van der Waals surface area contributed by atoms with Gasteiger partial charge in [-0.05, 0) is 18.2 Å². The van der Waals surface area contributed by atoms with Gasteiger partial charge in [0, 0.05) is 53.5 Å². The number of nitrogens with zero attached hydrogens (tertiary/aromatic N) is 5. The number of rotatable bonds is 5. The fourth-order valence-electron chi connectivity index (χ4n) is 4.87. The number of benzene rings is 2. The summed E-state index contributed by atoms with van der Waals surface area (Å²) in [5.41, 5.74) is 1.21. The first-order valence-corrected chi connectivity index (χ1v) is 11.8. The number of alkyl halides is 2. The average molecular weight is 485 g/mol. The quantitative estimate of drug-likeness (QED) is 0.426. The molecule has 0 amide bonds. The lowest BCUT2D eigenvalue weighted by Crippen LogP contribution is -2.22. The van der Waals surface area contributed by atoms with Gasteiger partial charge >= 0.3 is 0 Å². The molecule has 0 spiro atoms. The number of ether oxygens (including phenoxy) is 1. The zero-order valence-electron chi connectivity index (χ0n) is 19.6. The first kappa shape index (κ1) is 23.3. The first-order chi connectivity index (χ1) is 17.1. The Hall–Kier alpha value is -3.40. The smallest absolute Gasteiger partial charge is 0.266 e. The Morgan fingerprint density at radius 3 is 2.60 bits per heavy atom. The molecule has 2 saturated heterocycles. The molecule has 4 aromatic rings. The van der Waals surface area contributed by atoms with Gasteiger partial charge in [-0.2, -0.15) is 0 Å². The highest BCUT2D eigenvalue weighted by Gasteiger charge is 2.37. The lowest BCUT2D eigenvalue weighted by Gasteiger charge is -2.21. The van der Waals surface area contributed by atoms with Gasteiger partial charge < -0.3 is 15.0 Å². The highest BCUT2D eigenvalue weighted by molar-refractivity contribution is 6.01. The number of halogens is 3. The van der Waals surface area contributed by atoms with Crippen LogP contribution in [0.15, 0.2) is 42.7 Å². The van der Waals surface area contributed by atoms with Crippen LogP contribution in [0.4, 0.5) is 24.7 Å². The molecule has 6 rings (SSSR count). The van der Waals surface area contributed by atoms with Gasteiger partial charge in [0.05, 0.1) is 18.8 Å². The standard InChI is InChI=1S/C23H21F3N6O.C2H6/c24-20-13(2-1-3-18(20)21(25)26)7-27-22-19-6-16(31-8-14-10-33-11-15(14)9-31)4-5-17(19)23-28-12-29-32(23)30-22;1-2/h1-6,12,14-15,21H,7-11H2,(H,27,30);1-2H3. The van der Waals surface area contributed by atoms with Crippen molar-refractivity contribution in [3.63, 3.8) is 0 Å². The Balaban J connectivity index is 0.00000124. The monoisotopic (exact) mass is 484 g/mol. The van der Waals surface area contributed by atoms with Crippen molar-refractivity contribution in [2.45, 2.75) is 26.8 Å². The van der Waals surface area contributed by atoms with Gasteiger partial charge in [0.1, 0.15) is 12.1 Å². The van der Waals surface area contributed by atoms with Crippen molar-refractivity contribution < 1.29 is 17.9 Å². The molecular formula is C25H27F3N6O. The normalized spacial score (nSPS) is 19.3. The van der Waals surface area contributed by atoms with E-state index in [9.17, 15) is 13.2 Å². The van der Waals surface area contributed by atoms with Crippen molar-refractivity contribution in [1.29, 1.82) is 0 Å². The SMILES string of the molecule is CC.Fc1c(CNc2nn3ncnc3c3ccc(N4CC5COCC5C4)cc23)cccc1C(F)F. The van der Waals surface area contributed by atoms with E-state index in [1.807, 2.05) is 26.0 Å². The Morgan fingerprint density at radius 1 is 1.09 bits per heavy atom. The van der Waals surface area contributed by atoms with E-state index < -0.39 is 17.8 Å². The Labute approximate surface area is 200 Å². The van der Waals surface area contributed by atoms with Gasteiger partial charge in [-0.25, -0.2) is 18.2 Å². The lowest BCUT2D eigenvalue weighted by molar-refractivity contribution is 0.146. The molecule has 2 unspecified atom stereocenters. The topological polar surface area (TPSA) is 67.6 Å². The molecular weight excluding hydrogens is 457 g/mol. The molecule has 0 radical (unpaired) electrons. The fourth-order valence-corrected chi connectivity index (χ4v) is 4.87. The highest BCUT2D eigenvalue weighted by atomic mass is 19.3. The summed E-state index contributed by atoms with van der Waals surface area (Å²) in [6.45, 7) is 7.47. The molecule has 1 N–H and O–H groups in total. The van der Waals surface area contributed by atoms with E-state index in [1.165, 1.54) is 23.1 Å². The molecule has 4 heterocycles.